The number of hydrogen-bond donors (Lipinski definition) is 0. The molecule has 2 fully saturated rings. The van der Waals surface area contributed by atoms with E-state index in [0.29, 0.717) is 28.8 Å². The van der Waals surface area contributed by atoms with E-state index in [-0.39, 0.29) is 30.6 Å². The van der Waals surface area contributed by atoms with Gasteiger partial charge in [0.2, 0.25) is 15.9 Å². The van der Waals surface area contributed by atoms with Crippen LogP contribution >= 0.6 is 0 Å². The fourth-order valence-corrected chi connectivity index (χ4v) is 6.93. The van der Waals surface area contributed by atoms with Crippen molar-refractivity contribution in [1.29, 1.82) is 0 Å². The third-order valence-electron chi connectivity index (χ3n) is 7.60. The average molecular weight is 525 g/mol. The molecule has 204 valence electrons. The summed E-state index contributed by atoms with van der Waals surface area (Å²) in [4.78, 5) is 19.6. The van der Waals surface area contributed by atoms with Crippen molar-refractivity contribution >= 4 is 15.9 Å². The Morgan fingerprint density at radius 3 is 2.28 bits per heavy atom. The Hall–Kier alpha value is -1.72. The van der Waals surface area contributed by atoms with Crippen molar-refractivity contribution in [2.45, 2.75) is 44.0 Å². The molecule has 1 unspecified atom stereocenters. The number of amides is 1. The van der Waals surface area contributed by atoms with E-state index in [4.69, 9.17) is 9.47 Å². The molecule has 0 saturated carbocycles. The van der Waals surface area contributed by atoms with Gasteiger partial charge in [0.15, 0.2) is 0 Å². The second-order valence-corrected chi connectivity index (χ2v) is 12.4. The fourth-order valence-electron chi connectivity index (χ4n) is 5.37. The molecule has 1 atom stereocenters. The molecular formula is C26H44N4O5S. The van der Waals surface area contributed by atoms with Crippen LogP contribution in [-0.2, 0) is 19.6 Å². The summed E-state index contributed by atoms with van der Waals surface area (Å²) in [5.74, 6) is 1.08. The van der Waals surface area contributed by atoms with Crippen LogP contribution in [0.15, 0.2) is 17.0 Å². The highest BCUT2D eigenvalue weighted by Gasteiger charge is 2.30. The van der Waals surface area contributed by atoms with Gasteiger partial charge >= 0.3 is 0 Å². The number of aryl methyl sites for hydroxylation is 2. The Bertz CT molecular complexity index is 971. The number of carbonyl (C=O) groups excluding carboxylic acids is 1. The van der Waals surface area contributed by atoms with Gasteiger partial charge in [0, 0.05) is 39.8 Å². The molecule has 2 aliphatic heterocycles. The summed E-state index contributed by atoms with van der Waals surface area (Å²) < 4.78 is 38.3. The molecule has 36 heavy (non-hydrogen) atoms. The van der Waals surface area contributed by atoms with Crippen molar-refractivity contribution in [3.63, 3.8) is 0 Å². The fraction of sp³-hybridized carbons (Fsp3) is 0.731. The van der Waals surface area contributed by atoms with Crippen molar-refractivity contribution in [2.75, 3.05) is 80.7 Å². The van der Waals surface area contributed by atoms with Crippen molar-refractivity contribution < 1.29 is 22.7 Å². The number of sulfonamides is 1. The number of benzene rings is 1. The Kier molecular flexibility index (Phi) is 10.2. The van der Waals surface area contributed by atoms with E-state index in [1.807, 2.05) is 7.05 Å². The number of piperidine rings is 1. The summed E-state index contributed by atoms with van der Waals surface area (Å²) in [6, 6.07) is 4.12. The van der Waals surface area contributed by atoms with Gasteiger partial charge < -0.3 is 19.3 Å². The van der Waals surface area contributed by atoms with Crippen LogP contribution in [0.2, 0.25) is 0 Å². The van der Waals surface area contributed by atoms with Crippen LogP contribution < -0.4 is 4.74 Å². The predicted octanol–water partition coefficient (Wildman–Crippen LogP) is 1.82. The van der Waals surface area contributed by atoms with Crippen LogP contribution in [-0.4, -0.2) is 120 Å². The highest BCUT2D eigenvalue weighted by molar-refractivity contribution is 7.89. The van der Waals surface area contributed by atoms with E-state index < -0.39 is 10.0 Å². The molecule has 10 heteroatoms. The van der Waals surface area contributed by atoms with Crippen LogP contribution in [0.25, 0.3) is 0 Å². The maximum atomic E-state index is 13.1. The predicted molar refractivity (Wildman–Crippen MR) is 141 cm³/mol. The first-order valence-corrected chi connectivity index (χ1v) is 14.3. The van der Waals surface area contributed by atoms with Crippen LogP contribution in [0.3, 0.4) is 0 Å². The largest absolute Gasteiger partial charge is 0.497 e. The van der Waals surface area contributed by atoms with E-state index in [1.165, 1.54) is 24.3 Å². The lowest BCUT2D eigenvalue weighted by molar-refractivity contribution is -0.135. The molecule has 2 saturated heterocycles. The highest BCUT2D eigenvalue weighted by Crippen LogP contribution is 2.28. The number of likely N-dealkylation sites (N-methyl/N-ethyl adjacent to an activating group) is 3. The summed E-state index contributed by atoms with van der Waals surface area (Å²) in [6.07, 6.45) is 3.49. The van der Waals surface area contributed by atoms with Crippen LogP contribution in [0.1, 0.15) is 30.4 Å². The van der Waals surface area contributed by atoms with Gasteiger partial charge in [-0.1, -0.05) is 0 Å². The Morgan fingerprint density at radius 2 is 1.72 bits per heavy atom. The zero-order chi connectivity index (χ0) is 26.5. The second-order valence-electron chi connectivity index (χ2n) is 10.4. The molecule has 0 bridgehead atoms. The third kappa shape index (κ3) is 7.19. The molecule has 0 aliphatic carbocycles. The lowest BCUT2D eigenvalue weighted by Gasteiger charge is -2.37. The molecule has 2 aliphatic rings. The van der Waals surface area contributed by atoms with E-state index in [1.54, 1.807) is 38.0 Å². The van der Waals surface area contributed by atoms with Crippen LogP contribution in [0.5, 0.6) is 5.75 Å². The van der Waals surface area contributed by atoms with Crippen molar-refractivity contribution in [3.8, 4) is 5.75 Å². The Balaban J connectivity index is 1.39. The lowest BCUT2D eigenvalue weighted by atomic mass is 9.95. The first kappa shape index (κ1) is 28.8. The van der Waals surface area contributed by atoms with Crippen LogP contribution in [0, 0.1) is 19.8 Å². The van der Waals surface area contributed by atoms with Gasteiger partial charge in [0.05, 0.1) is 18.6 Å². The number of methoxy groups -OCH3 is 1. The minimum Gasteiger partial charge on any atom is -0.497 e. The third-order valence-corrected chi connectivity index (χ3v) is 9.77. The molecule has 9 nitrogen and oxygen atoms in total. The second kappa shape index (κ2) is 12.7. The molecule has 0 aromatic heterocycles. The zero-order valence-corrected chi connectivity index (χ0v) is 23.6. The lowest BCUT2D eigenvalue weighted by Crippen LogP contribution is -2.45. The minimum atomic E-state index is -3.68. The number of likely N-dealkylation sites (tertiary alicyclic amines) is 2. The molecule has 1 aromatic rings. The summed E-state index contributed by atoms with van der Waals surface area (Å²) in [5, 5.41) is 0. The summed E-state index contributed by atoms with van der Waals surface area (Å²) in [6.45, 7) is 9.10. The molecule has 0 N–H and O–H groups in total. The average Bonchev–Trinajstić information content (AvgIpc) is 3.27. The number of hydrogen-bond acceptors (Lipinski definition) is 7. The van der Waals surface area contributed by atoms with Gasteiger partial charge in [-0.3, -0.25) is 9.69 Å². The number of carbonyl (C=O) groups is 1. The van der Waals surface area contributed by atoms with Gasteiger partial charge in [-0.25, -0.2) is 8.42 Å². The maximum absolute atomic E-state index is 13.1. The summed E-state index contributed by atoms with van der Waals surface area (Å²) in [5.41, 5.74) is 1.27. The first-order chi connectivity index (χ1) is 17.0. The topological polar surface area (TPSA) is 82.6 Å². The van der Waals surface area contributed by atoms with Gasteiger partial charge in [0.1, 0.15) is 12.4 Å². The number of rotatable bonds is 11. The Morgan fingerprint density at radius 1 is 1.08 bits per heavy atom. The van der Waals surface area contributed by atoms with Gasteiger partial charge in [-0.2, -0.15) is 4.31 Å². The van der Waals surface area contributed by atoms with Crippen molar-refractivity contribution in [1.82, 2.24) is 19.0 Å². The zero-order valence-electron chi connectivity index (χ0n) is 22.8. The molecule has 0 radical (unpaired) electrons. The van der Waals surface area contributed by atoms with E-state index in [0.717, 1.165) is 39.0 Å². The molecular weight excluding hydrogens is 480 g/mol. The SMILES string of the molecule is COc1cc(C)c(S(=O)(=O)N(C)CCOCC(=O)N(C)CC2CCN(C3CCN(C)C3)CC2)c(C)c1. The molecule has 1 amide bonds. The number of nitrogens with zero attached hydrogens (tertiary/aromatic N) is 4. The standard InChI is InChI=1S/C26H44N4O5S/c1-20-15-24(34-6)16-21(2)26(20)36(32,33)29(5)13-14-35-19-25(31)28(4)17-22-7-11-30(12-8-22)23-9-10-27(3)18-23/h15-16,22-23H,7-14,17-19H2,1-6H3. The normalized spacial score (nSPS) is 20.2. The van der Waals surface area contributed by atoms with Gasteiger partial charge in [-0.15, -0.1) is 0 Å². The van der Waals surface area contributed by atoms with E-state index in [2.05, 4.69) is 16.8 Å². The van der Waals surface area contributed by atoms with Crippen molar-refractivity contribution in [3.05, 3.63) is 23.3 Å². The molecule has 0 spiro atoms. The summed E-state index contributed by atoms with van der Waals surface area (Å²) in [7, 11) is 3.43. The number of ether oxygens (including phenoxy) is 2. The maximum Gasteiger partial charge on any atom is 0.248 e. The van der Waals surface area contributed by atoms with Crippen molar-refractivity contribution in [2.24, 2.45) is 5.92 Å². The van der Waals surface area contributed by atoms with E-state index in [9.17, 15) is 13.2 Å². The molecule has 1 aromatic carbocycles. The Labute approximate surface area is 217 Å². The highest BCUT2D eigenvalue weighted by atomic mass is 32.2. The summed E-state index contributed by atoms with van der Waals surface area (Å²) >= 11 is 0. The first-order valence-electron chi connectivity index (χ1n) is 12.9. The molecule has 2 heterocycles. The molecule has 3 rings (SSSR count). The van der Waals surface area contributed by atoms with Gasteiger partial charge in [0.25, 0.3) is 0 Å². The van der Waals surface area contributed by atoms with Crippen LogP contribution in [0.4, 0.5) is 0 Å². The minimum absolute atomic E-state index is 0.0434. The van der Waals surface area contributed by atoms with Gasteiger partial charge in [-0.05, 0) is 89.0 Å². The quantitative estimate of drug-likeness (QED) is 0.409. The van der Waals surface area contributed by atoms with E-state index >= 15 is 0 Å². The monoisotopic (exact) mass is 524 g/mol. The smallest absolute Gasteiger partial charge is 0.248 e.